The van der Waals surface area contributed by atoms with Crippen LogP contribution in [0.2, 0.25) is 0 Å². The molecular formula is C6H11N2O3-. The summed E-state index contributed by atoms with van der Waals surface area (Å²) in [5.74, 6) is -0.960. The summed E-state index contributed by atoms with van der Waals surface area (Å²) in [7, 11) is 0. The van der Waals surface area contributed by atoms with Gasteiger partial charge in [0.25, 0.3) is 0 Å². The van der Waals surface area contributed by atoms with Gasteiger partial charge in [-0.25, -0.2) is 0 Å². The van der Waals surface area contributed by atoms with Crippen molar-refractivity contribution in [1.82, 2.24) is 10.4 Å². The molecule has 0 aromatic heterocycles. The number of rotatable bonds is 1. The Morgan fingerprint density at radius 3 is 2.91 bits per heavy atom. The average Bonchev–Trinajstić information content (AvgIpc) is 1.94. The van der Waals surface area contributed by atoms with Crippen LogP contribution in [-0.4, -0.2) is 41.3 Å². The fourth-order valence-corrected chi connectivity index (χ4v) is 1.00. The lowest BCUT2D eigenvalue weighted by Crippen LogP contribution is -2.56. The van der Waals surface area contributed by atoms with Gasteiger partial charge in [0, 0.05) is 19.1 Å². The Morgan fingerprint density at radius 2 is 2.45 bits per heavy atom. The highest BCUT2D eigenvalue weighted by Gasteiger charge is 2.23. The molecule has 0 aromatic rings. The molecule has 64 valence electrons. The minimum Gasteiger partial charge on any atom is -0.785 e. The van der Waals surface area contributed by atoms with Gasteiger partial charge in [-0.15, -0.1) is 0 Å². The van der Waals surface area contributed by atoms with Crippen LogP contribution in [0.4, 0.5) is 0 Å². The summed E-state index contributed by atoms with van der Waals surface area (Å²) >= 11 is 0. The van der Waals surface area contributed by atoms with Crippen molar-refractivity contribution < 1.29 is 9.90 Å². The zero-order valence-corrected chi connectivity index (χ0v) is 6.28. The SMILES string of the molecule is CC1CNC(C(=O)O)CN1[O-]. The zero-order chi connectivity index (χ0) is 8.43. The van der Waals surface area contributed by atoms with Crippen LogP contribution in [0.25, 0.3) is 0 Å². The van der Waals surface area contributed by atoms with Crippen LogP contribution in [0, 0.1) is 5.21 Å². The molecule has 0 radical (unpaired) electrons. The van der Waals surface area contributed by atoms with Gasteiger partial charge in [0.15, 0.2) is 0 Å². The molecule has 0 spiro atoms. The Hall–Kier alpha value is -0.650. The molecule has 2 unspecified atom stereocenters. The van der Waals surface area contributed by atoms with E-state index in [1.165, 1.54) is 0 Å². The molecular weight excluding hydrogens is 148 g/mol. The highest BCUT2D eigenvalue weighted by molar-refractivity contribution is 5.73. The first-order chi connectivity index (χ1) is 5.11. The van der Waals surface area contributed by atoms with Crippen LogP contribution < -0.4 is 5.32 Å². The number of nitrogens with zero attached hydrogens (tertiary/aromatic N) is 1. The van der Waals surface area contributed by atoms with Gasteiger partial charge in [-0.3, -0.25) is 4.79 Å². The molecule has 0 aliphatic carbocycles. The van der Waals surface area contributed by atoms with Crippen molar-refractivity contribution in [2.24, 2.45) is 0 Å². The minimum atomic E-state index is -0.960. The van der Waals surface area contributed by atoms with E-state index in [9.17, 15) is 10.0 Å². The second kappa shape index (κ2) is 3.17. The summed E-state index contributed by atoms with van der Waals surface area (Å²) in [6.45, 7) is 2.25. The number of aliphatic carboxylic acids is 1. The van der Waals surface area contributed by atoms with E-state index in [0.717, 1.165) is 5.06 Å². The van der Waals surface area contributed by atoms with Crippen LogP contribution in [-0.2, 0) is 4.79 Å². The molecule has 1 heterocycles. The highest BCUT2D eigenvalue weighted by Crippen LogP contribution is 2.03. The molecule has 0 bridgehead atoms. The number of nitrogens with one attached hydrogen (secondary N) is 1. The smallest absolute Gasteiger partial charge is 0.321 e. The fraction of sp³-hybridized carbons (Fsp3) is 0.833. The number of hydroxylamine groups is 2. The third-order valence-corrected chi connectivity index (χ3v) is 1.81. The second-order valence-corrected chi connectivity index (χ2v) is 2.75. The number of hydrogen-bond acceptors (Lipinski definition) is 4. The first-order valence-corrected chi connectivity index (χ1v) is 3.51. The van der Waals surface area contributed by atoms with Gasteiger partial charge in [-0.2, -0.15) is 0 Å². The van der Waals surface area contributed by atoms with Gasteiger partial charge in [0.05, 0.1) is 0 Å². The van der Waals surface area contributed by atoms with Gasteiger partial charge in [0.2, 0.25) is 0 Å². The maximum atomic E-state index is 10.9. The maximum absolute atomic E-state index is 10.9. The van der Waals surface area contributed by atoms with Crippen molar-refractivity contribution >= 4 is 5.97 Å². The first-order valence-electron chi connectivity index (χ1n) is 3.51. The van der Waals surface area contributed by atoms with E-state index in [1.54, 1.807) is 6.92 Å². The molecule has 5 heteroatoms. The van der Waals surface area contributed by atoms with E-state index in [0.29, 0.717) is 6.54 Å². The summed E-state index contributed by atoms with van der Waals surface area (Å²) in [5.41, 5.74) is 0. The largest absolute Gasteiger partial charge is 0.785 e. The van der Waals surface area contributed by atoms with E-state index in [2.05, 4.69) is 5.32 Å². The molecule has 1 aliphatic heterocycles. The van der Waals surface area contributed by atoms with E-state index in [4.69, 9.17) is 5.11 Å². The molecule has 1 saturated heterocycles. The molecule has 2 atom stereocenters. The first kappa shape index (κ1) is 8.45. The molecule has 1 aliphatic rings. The van der Waals surface area contributed by atoms with Gasteiger partial charge in [-0.05, 0) is 6.92 Å². The number of carboxylic acids is 1. The lowest BCUT2D eigenvalue weighted by atomic mass is 10.2. The number of piperazine rings is 1. The lowest BCUT2D eigenvalue weighted by molar-refractivity contribution is -0.140. The van der Waals surface area contributed by atoms with E-state index in [-0.39, 0.29) is 12.6 Å². The fourth-order valence-electron chi connectivity index (χ4n) is 1.00. The van der Waals surface area contributed by atoms with Gasteiger partial charge < -0.3 is 20.7 Å². The molecule has 0 aromatic carbocycles. The number of hydrogen-bond donors (Lipinski definition) is 2. The molecule has 11 heavy (non-hydrogen) atoms. The quantitative estimate of drug-likeness (QED) is 0.525. The molecule has 0 saturated carbocycles. The monoisotopic (exact) mass is 159 g/mol. The van der Waals surface area contributed by atoms with Gasteiger partial charge in [-0.1, -0.05) is 0 Å². The highest BCUT2D eigenvalue weighted by atomic mass is 16.5. The third-order valence-electron chi connectivity index (χ3n) is 1.81. The van der Waals surface area contributed by atoms with E-state index in [1.807, 2.05) is 0 Å². The van der Waals surface area contributed by atoms with Crippen molar-refractivity contribution in [2.75, 3.05) is 13.1 Å². The Labute approximate surface area is 64.6 Å². The molecule has 1 fully saturated rings. The summed E-state index contributed by atoms with van der Waals surface area (Å²) < 4.78 is 0. The van der Waals surface area contributed by atoms with Crippen molar-refractivity contribution in [1.29, 1.82) is 0 Å². The van der Waals surface area contributed by atoms with Crippen LogP contribution >= 0.6 is 0 Å². The predicted molar refractivity (Wildman–Crippen MR) is 39.0 cm³/mol. The summed E-state index contributed by atoms with van der Waals surface area (Å²) in [6, 6.07) is -0.825. The maximum Gasteiger partial charge on any atom is 0.321 e. The molecule has 1 rings (SSSR count). The average molecular weight is 159 g/mol. The second-order valence-electron chi connectivity index (χ2n) is 2.75. The van der Waals surface area contributed by atoms with Gasteiger partial charge in [0.1, 0.15) is 6.04 Å². The normalized spacial score (nSPS) is 33.6. The van der Waals surface area contributed by atoms with E-state index >= 15 is 0 Å². The Morgan fingerprint density at radius 1 is 1.82 bits per heavy atom. The Balaban J connectivity index is 2.46. The van der Waals surface area contributed by atoms with Crippen LogP contribution in [0.3, 0.4) is 0 Å². The van der Waals surface area contributed by atoms with Crippen LogP contribution in [0.5, 0.6) is 0 Å². The van der Waals surface area contributed by atoms with Crippen molar-refractivity contribution in [3.05, 3.63) is 5.21 Å². The Bertz CT molecular complexity index is 162. The molecule has 2 N–H and O–H groups in total. The Kier molecular flexibility index (Phi) is 2.43. The number of carboxylic acid groups (broad SMARTS) is 1. The van der Waals surface area contributed by atoms with Crippen molar-refractivity contribution in [2.45, 2.75) is 19.0 Å². The lowest BCUT2D eigenvalue weighted by Gasteiger charge is -2.41. The third kappa shape index (κ3) is 1.89. The van der Waals surface area contributed by atoms with Gasteiger partial charge >= 0.3 is 5.97 Å². The topological polar surface area (TPSA) is 75.6 Å². The standard InChI is InChI=1S/C6H11N2O3/c1-4-2-7-5(6(9)10)3-8(4)11/h4-5,7H,2-3H2,1H3,(H,9,10)/q-1. The van der Waals surface area contributed by atoms with Crippen LogP contribution in [0.1, 0.15) is 6.92 Å². The predicted octanol–water partition coefficient (Wildman–Crippen LogP) is -0.769. The zero-order valence-electron chi connectivity index (χ0n) is 6.28. The van der Waals surface area contributed by atoms with Crippen LogP contribution in [0.15, 0.2) is 0 Å². The number of carbonyl (C=O) groups is 1. The van der Waals surface area contributed by atoms with Crippen molar-refractivity contribution in [3.63, 3.8) is 0 Å². The summed E-state index contributed by atoms with van der Waals surface area (Å²) in [4.78, 5) is 10.4. The summed E-state index contributed by atoms with van der Waals surface area (Å²) in [6.07, 6.45) is 0. The van der Waals surface area contributed by atoms with Crippen molar-refractivity contribution in [3.8, 4) is 0 Å². The minimum absolute atomic E-state index is 0.0382. The molecule has 0 amide bonds. The molecule has 5 nitrogen and oxygen atoms in total. The summed E-state index contributed by atoms with van der Waals surface area (Å²) in [5, 5.41) is 23.0. The van der Waals surface area contributed by atoms with E-state index < -0.39 is 12.0 Å².